The number of likely N-dealkylation sites (tertiary alicyclic amines) is 1. The number of hydrogen-bond donors (Lipinski definition) is 0. The highest BCUT2D eigenvalue weighted by Crippen LogP contribution is 2.74. The lowest BCUT2D eigenvalue weighted by molar-refractivity contribution is -0.172. The predicted molar refractivity (Wildman–Crippen MR) is 155 cm³/mol. The molecule has 40 heavy (non-hydrogen) atoms. The minimum absolute atomic E-state index is 0.0416. The zero-order valence-electron chi connectivity index (χ0n) is 25.6. The summed E-state index contributed by atoms with van der Waals surface area (Å²) in [5.41, 5.74) is 0.859. The van der Waals surface area contributed by atoms with Crippen LogP contribution < -0.4 is 0 Å². The van der Waals surface area contributed by atoms with Crippen LogP contribution in [0.25, 0.3) is 0 Å². The molecule has 216 valence electrons. The zero-order valence-corrected chi connectivity index (χ0v) is 25.6. The molecule has 0 spiro atoms. The molecular formula is C35H48N2O3. The van der Waals surface area contributed by atoms with Gasteiger partial charge in [-0.2, -0.15) is 5.26 Å². The number of fused-ring (bicyclic) bond motifs is 7. The van der Waals surface area contributed by atoms with Crippen LogP contribution in [0.3, 0.4) is 0 Å². The van der Waals surface area contributed by atoms with Gasteiger partial charge in [0.1, 0.15) is 6.07 Å². The van der Waals surface area contributed by atoms with Crippen molar-refractivity contribution in [3.63, 3.8) is 0 Å². The Morgan fingerprint density at radius 3 is 2.38 bits per heavy atom. The summed E-state index contributed by atoms with van der Waals surface area (Å²) in [6.45, 7) is 15.5. The van der Waals surface area contributed by atoms with Crippen LogP contribution in [0.15, 0.2) is 23.3 Å². The number of allylic oxidation sites excluding steroid dienone is 4. The number of Topliss-reactive ketones (excluding diaryl/α,β-unsaturated/α-hetero) is 1. The molecule has 0 aromatic carbocycles. The van der Waals surface area contributed by atoms with Crippen molar-refractivity contribution in [3.05, 3.63) is 23.3 Å². The predicted octanol–water partition coefficient (Wildman–Crippen LogP) is 6.83. The second-order valence-electron chi connectivity index (χ2n) is 16.0. The van der Waals surface area contributed by atoms with E-state index in [0.717, 1.165) is 70.9 Å². The first-order valence-electron chi connectivity index (χ1n) is 15.9. The maximum Gasteiger partial charge on any atom is 0.222 e. The van der Waals surface area contributed by atoms with Crippen molar-refractivity contribution in [2.24, 2.45) is 50.7 Å². The number of carbonyl (C=O) groups is 3. The topological polar surface area (TPSA) is 78.2 Å². The third-order valence-corrected chi connectivity index (χ3v) is 13.7. The van der Waals surface area contributed by atoms with Crippen molar-refractivity contribution in [2.75, 3.05) is 13.1 Å². The molecule has 0 aromatic heterocycles. The van der Waals surface area contributed by atoms with E-state index in [1.165, 1.54) is 5.57 Å². The molecule has 0 aromatic rings. The number of nitriles is 1. The molecule has 0 N–H and O–H groups in total. The third-order valence-electron chi connectivity index (χ3n) is 13.7. The van der Waals surface area contributed by atoms with E-state index < -0.39 is 5.41 Å². The largest absolute Gasteiger partial charge is 0.343 e. The van der Waals surface area contributed by atoms with E-state index in [0.29, 0.717) is 12.3 Å². The van der Waals surface area contributed by atoms with Crippen molar-refractivity contribution in [3.8, 4) is 6.07 Å². The van der Waals surface area contributed by atoms with Gasteiger partial charge in [-0.25, -0.2) is 0 Å². The lowest BCUT2D eigenvalue weighted by Crippen LogP contribution is -2.64. The Kier molecular flexibility index (Phi) is 6.21. The van der Waals surface area contributed by atoms with Crippen molar-refractivity contribution in [1.29, 1.82) is 5.26 Å². The highest BCUT2D eigenvalue weighted by Gasteiger charge is 2.68. The Hall–Kier alpha value is -2.22. The van der Waals surface area contributed by atoms with Gasteiger partial charge in [0.25, 0.3) is 0 Å². The van der Waals surface area contributed by atoms with Crippen LogP contribution in [0, 0.1) is 62.1 Å². The minimum Gasteiger partial charge on any atom is -0.343 e. The number of rotatable bonds is 3. The van der Waals surface area contributed by atoms with Gasteiger partial charge in [0.15, 0.2) is 11.6 Å². The molecule has 8 atom stereocenters. The van der Waals surface area contributed by atoms with Crippen molar-refractivity contribution in [1.82, 2.24) is 4.90 Å². The molecule has 1 saturated heterocycles. The van der Waals surface area contributed by atoms with E-state index in [9.17, 15) is 19.6 Å². The maximum absolute atomic E-state index is 14.6. The first-order valence-corrected chi connectivity index (χ1v) is 15.9. The van der Waals surface area contributed by atoms with Crippen LogP contribution in [0.4, 0.5) is 0 Å². The van der Waals surface area contributed by atoms with E-state index in [-0.39, 0.29) is 62.5 Å². The summed E-state index contributed by atoms with van der Waals surface area (Å²) in [5.74, 6) is 0.661. The number of amides is 1. The Labute approximate surface area is 240 Å². The fourth-order valence-electron chi connectivity index (χ4n) is 10.9. The molecule has 4 fully saturated rings. The molecule has 1 heterocycles. The van der Waals surface area contributed by atoms with Gasteiger partial charge >= 0.3 is 0 Å². The normalized spacial score (nSPS) is 45.5. The van der Waals surface area contributed by atoms with Gasteiger partial charge in [-0.15, -0.1) is 0 Å². The van der Waals surface area contributed by atoms with Crippen molar-refractivity contribution in [2.45, 2.75) is 106 Å². The van der Waals surface area contributed by atoms with E-state index >= 15 is 0 Å². The fraction of sp³-hybridized carbons (Fsp3) is 0.771. The Bertz CT molecular complexity index is 1270. The third kappa shape index (κ3) is 3.66. The zero-order chi connectivity index (χ0) is 28.9. The summed E-state index contributed by atoms with van der Waals surface area (Å²) in [4.78, 5) is 42.5. The summed E-state index contributed by atoms with van der Waals surface area (Å²) in [6, 6.07) is 2.19. The SMILES string of the molecule is CC1C(=O)C(C#N)=CC2(C)C3=CC(=O)C4C5CC(C)(C)CCC5(CCC(=O)N5CCC5)CCC4(C)C3(C)CCC12. The van der Waals surface area contributed by atoms with Gasteiger partial charge < -0.3 is 4.90 Å². The van der Waals surface area contributed by atoms with Gasteiger partial charge in [0, 0.05) is 36.8 Å². The number of hydrogen-bond acceptors (Lipinski definition) is 4. The maximum atomic E-state index is 14.6. The van der Waals surface area contributed by atoms with Crippen LogP contribution in [0.5, 0.6) is 0 Å². The second-order valence-corrected chi connectivity index (χ2v) is 16.0. The molecule has 0 radical (unpaired) electrons. The monoisotopic (exact) mass is 544 g/mol. The van der Waals surface area contributed by atoms with E-state index in [4.69, 9.17) is 0 Å². The van der Waals surface area contributed by atoms with Crippen molar-refractivity contribution < 1.29 is 14.4 Å². The molecule has 5 heteroatoms. The fourth-order valence-corrected chi connectivity index (χ4v) is 10.9. The average molecular weight is 545 g/mol. The molecule has 6 aliphatic rings. The standard InChI is InChI=1S/C35H48N2O3/c1-22-24-8-10-33(5)27(32(24,4)19-23(21-36)30(22)40)18-26(38)29-25-20-31(2,3)12-14-35(25,15-13-34(29,33)6)11-9-28(39)37-16-7-17-37/h18-19,22,24-25,29H,7-17,20H2,1-6H3. The van der Waals surface area contributed by atoms with Crippen LogP contribution in [-0.2, 0) is 14.4 Å². The molecule has 5 nitrogen and oxygen atoms in total. The second kappa shape index (κ2) is 8.89. The summed E-state index contributed by atoms with van der Waals surface area (Å²) >= 11 is 0. The quantitative estimate of drug-likeness (QED) is 0.390. The van der Waals surface area contributed by atoms with Gasteiger partial charge in [0.2, 0.25) is 5.91 Å². The molecule has 3 saturated carbocycles. The highest BCUT2D eigenvalue weighted by molar-refractivity contribution is 6.02. The van der Waals surface area contributed by atoms with Gasteiger partial charge in [-0.1, -0.05) is 53.2 Å². The molecular weight excluding hydrogens is 496 g/mol. The van der Waals surface area contributed by atoms with Gasteiger partial charge in [0.05, 0.1) is 5.57 Å². The first-order chi connectivity index (χ1) is 18.7. The molecule has 8 unspecified atom stereocenters. The molecule has 5 aliphatic carbocycles. The number of carbonyl (C=O) groups excluding carboxylic acids is 3. The Morgan fingerprint density at radius 2 is 1.73 bits per heavy atom. The average Bonchev–Trinajstić information content (AvgIpc) is 2.85. The van der Waals surface area contributed by atoms with E-state index in [1.807, 2.05) is 24.0 Å². The number of ketones is 2. The summed E-state index contributed by atoms with van der Waals surface area (Å²) < 4.78 is 0. The van der Waals surface area contributed by atoms with Crippen LogP contribution in [0.1, 0.15) is 106 Å². The number of nitrogens with zero attached hydrogens (tertiary/aromatic N) is 2. The highest BCUT2D eigenvalue weighted by atomic mass is 16.2. The molecule has 0 bridgehead atoms. The Balaban J connectivity index is 1.42. The smallest absolute Gasteiger partial charge is 0.222 e. The summed E-state index contributed by atoms with van der Waals surface area (Å²) in [5, 5.41) is 9.83. The summed E-state index contributed by atoms with van der Waals surface area (Å²) in [6.07, 6.45) is 13.9. The van der Waals surface area contributed by atoms with Crippen LogP contribution in [-0.4, -0.2) is 35.5 Å². The van der Waals surface area contributed by atoms with Gasteiger partial charge in [-0.05, 0) is 97.4 Å². The van der Waals surface area contributed by atoms with Gasteiger partial charge in [-0.3, -0.25) is 14.4 Å². The van der Waals surface area contributed by atoms with Crippen molar-refractivity contribution >= 4 is 17.5 Å². The minimum atomic E-state index is -0.459. The van der Waals surface area contributed by atoms with Crippen LogP contribution >= 0.6 is 0 Å². The van der Waals surface area contributed by atoms with E-state index in [2.05, 4.69) is 40.7 Å². The lowest BCUT2D eigenvalue weighted by Gasteiger charge is -2.69. The molecule has 1 amide bonds. The first kappa shape index (κ1) is 27.9. The molecule has 1 aliphatic heterocycles. The Morgan fingerprint density at radius 1 is 1.02 bits per heavy atom. The van der Waals surface area contributed by atoms with Crippen LogP contribution in [0.2, 0.25) is 0 Å². The molecule has 6 rings (SSSR count). The van der Waals surface area contributed by atoms with E-state index in [1.54, 1.807) is 0 Å². The summed E-state index contributed by atoms with van der Waals surface area (Å²) in [7, 11) is 0. The lowest BCUT2D eigenvalue weighted by atomic mass is 9.34.